The van der Waals surface area contributed by atoms with Gasteiger partial charge in [-0.1, -0.05) is 24.3 Å². The van der Waals surface area contributed by atoms with Crippen molar-refractivity contribution in [2.24, 2.45) is 0 Å². The number of benzene rings is 2. The number of nitrogens with one attached hydrogen (secondary N) is 2. The molecule has 3 aromatic rings. The Morgan fingerprint density at radius 1 is 1.30 bits per heavy atom. The zero-order chi connectivity index (χ0) is 21.5. The molecule has 0 aliphatic heterocycles. The first-order chi connectivity index (χ1) is 14.5. The topological polar surface area (TPSA) is 95.7 Å². The minimum absolute atomic E-state index is 0.192. The minimum Gasteiger partial charge on any atom is -0.489 e. The van der Waals surface area contributed by atoms with Gasteiger partial charge in [0.05, 0.1) is 11.6 Å². The van der Waals surface area contributed by atoms with Gasteiger partial charge < -0.3 is 14.6 Å². The van der Waals surface area contributed by atoms with E-state index in [1.54, 1.807) is 30.3 Å². The molecular weight excluding hydrogens is 398 g/mol. The quantitative estimate of drug-likeness (QED) is 0.537. The molecule has 2 aromatic carbocycles. The summed E-state index contributed by atoms with van der Waals surface area (Å²) >= 11 is 5.24. The summed E-state index contributed by atoms with van der Waals surface area (Å²) in [5, 5.41) is 19.1. The van der Waals surface area contributed by atoms with Crippen LogP contribution in [0.15, 0.2) is 48.5 Å². The lowest BCUT2D eigenvalue weighted by molar-refractivity contribution is 0.0953. The summed E-state index contributed by atoms with van der Waals surface area (Å²) in [6, 6.07) is 16.6. The van der Waals surface area contributed by atoms with E-state index in [0.717, 1.165) is 11.4 Å². The van der Waals surface area contributed by atoms with Crippen molar-refractivity contribution in [1.29, 1.82) is 5.26 Å². The second-order valence-electron chi connectivity index (χ2n) is 7.00. The van der Waals surface area contributed by atoms with Gasteiger partial charge in [-0.25, -0.2) is 0 Å². The Kier molecular flexibility index (Phi) is 6.99. The molecule has 1 aromatic heterocycles. The molecule has 0 radical (unpaired) electrons. The molecule has 8 heteroatoms. The molecule has 0 spiro atoms. The summed E-state index contributed by atoms with van der Waals surface area (Å²) in [7, 11) is 0. The van der Waals surface area contributed by atoms with Crippen LogP contribution in [0.1, 0.15) is 47.2 Å². The van der Waals surface area contributed by atoms with E-state index < -0.39 is 0 Å². The second kappa shape index (κ2) is 9.85. The maximum atomic E-state index is 12.5. The van der Waals surface area contributed by atoms with Crippen molar-refractivity contribution >= 4 is 18.1 Å². The van der Waals surface area contributed by atoms with Crippen molar-refractivity contribution in [1.82, 2.24) is 20.1 Å². The zero-order valence-electron chi connectivity index (χ0n) is 16.9. The third kappa shape index (κ3) is 5.13. The lowest BCUT2D eigenvalue weighted by Crippen LogP contribution is -2.26. The fraction of sp³-hybridized carbons (Fsp3) is 0.273. The van der Waals surface area contributed by atoms with E-state index >= 15 is 0 Å². The molecule has 0 bridgehead atoms. The van der Waals surface area contributed by atoms with Gasteiger partial charge in [-0.3, -0.25) is 9.89 Å². The summed E-state index contributed by atoms with van der Waals surface area (Å²) in [6.45, 7) is 4.76. The largest absolute Gasteiger partial charge is 0.489 e. The molecular formula is C22H23N5O2S. The predicted octanol–water partition coefficient (Wildman–Crippen LogP) is 3.94. The molecule has 0 aliphatic carbocycles. The van der Waals surface area contributed by atoms with Crippen LogP contribution in [0.5, 0.6) is 5.75 Å². The molecule has 2 N–H and O–H groups in total. The number of carbonyl (C=O) groups excluding carboxylic acids is 1. The molecule has 3 rings (SSSR count). The van der Waals surface area contributed by atoms with Crippen molar-refractivity contribution in [2.45, 2.75) is 32.9 Å². The van der Waals surface area contributed by atoms with Crippen LogP contribution < -0.4 is 10.1 Å². The van der Waals surface area contributed by atoms with Gasteiger partial charge in [-0.15, -0.1) is 0 Å². The monoisotopic (exact) mass is 421 g/mol. The predicted molar refractivity (Wildman–Crippen MR) is 116 cm³/mol. The summed E-state index contributed by atoms with van der Waals surface area (Å²) in [5.74, 6) is 1.18. The van der Waals surface area contributed by atoms with Crippen LogP contribution in [0.25, 0.3) is 0 Å². The van der Waals surface area contributed by atoms with Crippen molar-refractivity contribution in [3.05, 3.63) is 75.8 Å². The number of carbonyl (C=O) groups is 1. The number of ether oxygens (including phenoxy) is 1. The fourth-order valence-corrected chi connectivity index (χ4v) is 3.44. The average Bonchev–Trinajstić information content (AvgIpc) is 3.13. The van der Waals surface area contributed by atoms with E-state index in [2.05, 4.69) is 21.6 Å². The van der Waals surface area contributed by atoms with E-state index in [1.807, 2.05) is 36.6 Å². The Labute approximate surface area is 180 Å². The van der Waals surface area contributed by atoms with Gasteiger partial charge in [-0.2, -0.15) is 10.4 Å². The van der Waals surface area contributed by atoms with Crippen molar-refractivity contribution in [3.8, 4) is 11.8 Å². The third-order valence-electron chi connectivity index (χ3n) is 4.56. The summed E-state index contributed by atoms with van der Waals surface area (Å²) in [5.41, 5.74) is 1.88. The molecule has 1 heterocycles. The molecule has 7 nitrogen and oxygen atoms in total. The van der Waals surface area contributed by atoms with Gasteiger partial charge in [0.1, 0.15) is 18.2 Å². The molecule has 30 heavy (non-hydrogen) atoms. The van der Waals surface area contributed by atoms with Gasteiger partial charge in [0.15, 0.2) is 4.77 Å². The van der Waals surface area contributed by atoms with Gasteiger partial charge in [0.2, 0.25) is 0 Å². The number of hydrogen-bond donors (Lipinski definition) is 2. The maximum absolute atomic E-state index is 12.5. The van der Waals surface area contributed by atoms with Crippen molar-refractivity contribution < 1.29 is 9.53 Å². The molecule has 0 saturated heterocycles. The van der Waals surface area contributed by atoms with Gasteiger partial charge in [-0.05, 0) is 50.3 Å². The van der Waals surface area contributed by atoms with E-state index in [-0.39, 0.29) is 18.6 Å². The number of H-pyrrole nitrogens is 1. The van der Waals surface area contributed by atoms with E-state index in [1.165, 1.54) is 0 Å². The number of aromatic amines is 1. The Balaban J connectivity index is 1.58. The Hall–Kier alpha value is -3.44. The average molecular weight is 422 g/mol. The highest BCUT2D eigenvalue weighted by molar-refractivity contribution is 7.71. The standard InChI is InChI=1S/C22H23N5O2S/c1-15(2)27-20(25-26-22(27)30)10-11-24-21(28)16-8-5-9-19(12-16)29-14-18-7-4-3-6-17(18)13-23/h3-9,12,15H,10-11,14H2,1-2H3,(H,24,28)(H,26,30). The molecule has 1 amide bonds. The number of nitriles is 1. The number of amides is 1. The number of nitrogens with zero attached hydrogens (tertiary/aromatic N) is 3. The SMILES string of the molecule is CC(C)n1c(CCNC(=O)c2cccc(OCc3ccccc3C#N)c2)n[nH]c1=S. The van der Waals surface area contributed by atoms with E-state index in [0.29, 0.717) is 34.6 Å². The normalized spacial score (nSPS) is 10.6. The summed E-state index contributed by atoms with van der Waals surface area (Å²) < 4.78 is 8.30. The molecule has 0 saturated carbocycles. The van der Waals surface area contributed by atoms with Crippen LogP contribution in [0.2, 0.25) is 0 Å². The third-order valence-corrected chi connectivity index (χ3v) is 4.84. The fourth-order valence-electron chi connectivity index (χ4n) is 3.08. The highest BCUT2D eigenvalue weighted by Gasteiger charge is 2.11. The lowest BCUT2D eigenvalue weighted by atomic mass is 10.1. The van der Waals surface area contributed by atoms with Crippen LogP contribution in [0.3, 0.4) is 0 Å². The Morgan fingerprint density at radius 2 is 2.10 bits per heavy atom. The van der Waals surface area contributed by atoms with E-state index in [9.17, 15) is 10.1 Å². The number of aromatic nitrogens is 3. The number of rotatable bonds is 8. The van der Waals surface area contributed by atoms with Crippen LogP contribution in [-0.4, -0.2) is 27.2 Å². The van der Waals surface area contributed by atoms with Gasteiger partial charge >= 0.3 is 0 Å². The zero-order valence-corrected chi connectivity index (χ0v) is 17.7. The maximum Gasteiger partial charge on any atom is 0.251 e. The first kappa shape index (κ1) is 21.3. The first-order valence-electron chi connectivity index (χ1n) is 9.64. The number of hydrogen-bond acceptors (Lipinski definition) is 5. The van der Waals surface area contributed by atoms with E-state index in [4.69, 9.17) is 17.0 Å². The van der Waals surface area contributed by atoms with Crippen LogP contribution in [0.4, 0.5) is 0 Å². The highest BCUT2D eigenvalue weighted by atomic mass is 32.1. The minimum atomic E-state index is -0.192. The second-order valence-corrected chi connectivity index (χ2v) is 7.39. The Bertz CT molecular complexity index is 1130. The Morgan fingerprint density at radius 3 is 2.87 bits per heavy atom. The first-order valence-corrected chi connectivity index (χ1v) is 10.0. The molecule has 0 unspecified atom stereocenters. The van der Waals surface area contributed by atoms with Crippen LogP contribution in [-0.2, 0) is 13.0 Å². The van der Waals surface area contributed by atoms with Crippen molar-refractivity contribution in [3.63, 3.8) is 0 Å². The molecule has 0 fully saturated rings. The summed E-state index contributed by atoms with van der Waals surface area (Å²) in [6.07, 6.45) is 0.568. The summed E-state index contributed by atoms with van der Waals surface area (Å²) in [4.78, 5) is 12.5. The molecule has 154 valence electrons. The smallest absolute Gasteiger partial charge is 0.251 e. The lowest BCUT2D eigenvalue weighted by Gasteiger charge is -2.11. The highest BCUT2D eigenvalue weighted by Crippen LogP contribution is 2.17. The van der Waals surface area contributed by atoms with Crippen molar-refractivity contribution in [2.75, 3.05) is 6.54 Å². The van der Waals surface area contributed by atoms with Crippen LogP contribution in [0, 0.1) is 16.1 Å². The van der Waals surface area contributed by atoms with Gasteiger partial charge in [0, 0.05) is 30.1 Å². The molecule has 0 atom stereocenters. The van der Waals surface area contributed by atoms with Gasteiger partial charge in [0.25, 0.3) is 5.91 Å². The molecule has 0 aliphatic rings. The van der Waals surface area contributed by atoms with Crippen LogP contribution >= 0.6 is 12.2 Å².